The fourth-order valence-corrected chi connectivity index (χ4v) is 3.19. The zero-order valence-electron chi connectivity index (χ0n) is 9.20. The molecule has 1 saturated heterocycles. The van der Waals surface area contributed by atoms with Crippen molar-refractivity contribution >= 4 is 49.4 Å². The van der Waals surface area contributed by atoms with Gasteiger partial charge in [-0.1, -0.05) is 0 Å². The fourth-order valence-electron chi connectivity index (χ4n) is 2.21. The molecule has 1 fully saturated rings. The van der Waals surface area contributed by atoms with Crippen LogP contribution in [0.25, 0.3) is 10.9 Å². The molecule has 0 spiro atoms. The number of hydrogen-bond acceptors (Lipinski definition) is 2. The molecule has 1 unspecified atom stereocenters. The predicted molar refractivity (Wildman–Crippen MR) is 79.0 cm³/mol. The SMILES string of the molecule is Brc1nn(C2CCCCO2)c2ccc(I)cc12. The van der Waals surface area contributed by atoms with Crippen molar-refractivity contribution in [1.82, 2.24) is 9.78 Å². The first-order valence-electron chi connectivity index (χ1n) is 5.70. The van der Waals surface area contributed by atoms with Gasteiger partial charge < -0.3 is 4.74 Å². The Balaban J connectivity index is 2.10. The summed E-state index contributed by atoms with van der Waals surface area (Å²) in [5.41, 5.74) is 1.14. The Bertz CT molecular complexity index is 549. The molecule has 1 aromatic heterocycles. The van der Waals surface area contributed by atoms with Gasteiger partial charge in [0.25, 0.3) is 0 Å². The van der Waals surface area contributed by atoms with Crippen molar-refractivity contribution < 1.29 is 4.74 Å². The second kappa shape index (κ2) is 4.85. The summed E-state index contributed by atoms with van der Waals surface area (Å²) in [6, 6.07) is 6.37. The lowest BCUT2D eigenvalue weighted by Gasteiger charge is -2.23. The van der Waals surface area contributed by atoms with Gasteiger partial charge >= 0.3 is 0 Å². The zero-order chi connectivity index (χ0) is 11.8. The summed E-state index contributed by atoms with van der Waals surface area (Å²) in [5.74, 6) is 0. The summed E-state index contributed by atoms with van der Waals surface area (Å²) in [7, 11) is 0. The van der Waals surface area contributed by atoms with Crippen molar-refractivity contribution in [2.75, 3.05) is 6.61 Å². The molecule has 5 heteroatoms. The Morgan fingerprint density at radius 2 is 2.29 bits per heavy atom. The highest BCUT2D eigenvalue weighted by atomic mass is 127. The molecule has 3 nitrogen and oxygen atoms in total. The quantitative estimate of drug-likeness (QED) is 0.666. The highest BCUT2D eigenvalue weighted by Crippen LogP contribution is 2.30. The van der Waals surface area contributed by atoms with Crippen LogP contribution < -0.4 is 0 Å². The second-order valence-electron chi connectivity index (χ2n) is 4.22. The van der Waals surface area contributed by atoms with E-state index in [1.807, 2.05) is 4.68 Å². The molecule has 1 aliphatic rings. The highest BCUT2D eigenvalue weighted by molar-refractivity contribution is 14.1. The van der Waals surface area contributed by atoms with Gasteiger partial charge in [0.2, 0.25) is 0 Å². The number of rotatable bonds is 1. The van der Waals surface area contributed by atoms with Crippen molar-refractivity contribution in [2.45, 2.75) is 25.5 Å². The Morgan fingerprint density at radius 1 is 1.41 bits per heavy atom. The lowest BCUT2D eigenvalue weighted by atomic mass is 10.2. The van der Waals surface area contributed by atoms with E-state index in [0.29, 0.717) is 0 Å². The van der Waals surface area contributed by atoms with Crippen LogP contribution in [-0.4, -0.2) is 16.4 Å². The lowest BCUT2D eigenvalue weighted by Crippen LogP contribution is -2.19. The minimum absolute atomic E-state index is 0.0950. The Kier molecular flexibility index (Phi) is 3.40. The van der Waals surface area contributed by atoms with Crippen molar-refractivity contribution in [3.05, 3.63) is 26.4 Å². The van der Waals surface area contributed by atoms with E-state index in [1.165, 1.54) is 9.99 Å². The topological polar surface area (TPSA) is 27.1 Å². The van der Waals surface area contributed by atoms with Gasteiger partial charge in [-0.25, -0.2) is 4.68 Å². The van der Waals surface area contributed by atoms with Gasteiger partial charge in [0.1, 0.15) is 4.60 Å². The van der Waals surface area contributed by atoms with E-state index in [9.17, 15) is 0 Å². The van der Waals surface area contributed by atoms with Crippen LogP contribution in [0.2, 0.25) is 0 Å². The summed E-state index contributed by atoms with van der Waals surface area (Å²) < 4.78 is 9.93. The van der Waals surface area contributed by atoms with Crippen LogP contribution in [0, 0.1) is 3.57 Å². The first-order valence-corrected chi connectivity index (χ1v) is 7.58. The molecule has 17 heavy (non-hydrogen) atoms. The minimum Gasteiger partial charge on any atom is -0.356 e. The number of ether oxygens (including phenoxy) is 1. The van der Waals surface area contributed by atoms with E-state index in [0.717, 1.165) is 35.0 Å². The van der Waals surface area contributed by atoms with E-state index in [4.69, 9.17) is 4.74 Å². The maximum atomic E-state index is 5.79. The van der Waals surface area contributed by atoms with Crippen molar-refractivity contribution in [1.29, 1.82) is 0 Å². The summed E-state index contributed by atoms with van der Waals surface area (Å²) in [6.45, 7) is 0.841. The molecule has 90 valence electrons. The van der Waals surface area contributed by atoms with E-state index in [1.54, 1.807) is 0 Å². The first-order chi connectivity index (χ1) is 8.25. The molecule has 0 saturated carbocycles. The van der Waals surface area contributed by atoms with Crippen molar-refractivity contribution in [2.24, 2.45) is 0 Å². The van der Waals surface area contributed by atoms with Crippen LogP contribution in [0.5, 0.6) is 0 Å². The third-order valence-electron chi connectivity index (χ3n) is 3.05. The lowest BCUT2D eigenvalue weighted by molar-refractivity contribution is -0.0368. The molecule has 0 aliphatic carbocycles. The maximum absolute atomic E-state index is 5.79. The number of aromatic nitrogens is 2. The van der Waals surface area contributed by atoms with Crippen LogP contribution in [0.1, 0.15) is 25.5 Å². The minimum atomic E-state index is 0.0950. The van der Waals surface area contributed by atoms with Crippen LogP contribution >= 0.6 is 38.5 Å². The van der Waals surface area contributed by atoms with E-state index >= 15 is 0 Å². The molecular weight excluding hydrogens is 395 g/mol. The van der Waals surface area contributed by atoms with Crippen LogP contribution in [0.15, 0.2) is 22.8 Å². The van der Waals surface area contributed by atoms with Gasteiger partial charge in [0, 0.05) is 15.6 Å². The van der Waals surface area contributed by atoms with Crippen LogP contribution in [-0.2, 0) is 4.74 Å². The van der Waals surface area contributed by atoms with Gasteiger partial charge in [-0.3, -0.25) is 0 Å². The molecule has 0 amide bonds. The summed E-state index contributed by atoms with van der Waals surface area (Å²) in [5, 5.41) is 5.72. The summed E-state index contributed by atoms with van der Waals surface area (Å²) >= 11 is 5.85. The van der Waals surface area contributed by atoms with Gasteiger partial charge in [-0.2, -0.15) is 5.10 Å². The smallest absolute Gasteiger partial charge is 0.150 e. The molecule has 2 aromatic rings. The Morgan fingerprint density at radius 3 is 3.06 bits per heavy atom. The Labute approximate surface area is 122 Å². The third kappa shape index (κ3) is 2.24. The standard InChI is InChI=1S/C12H12BrIN2O/c13-12-9-7-8(14)4-5-10(9)16(15-12)11-3-1-2-6-17-11/h4-5,7,11H,1-3,6H2. The average molecular weight is 407 g/mol. The van der Waals surface area contributed by atoms with E-state index < -0.39 is 0 Å². The summed E-state index contributed by atoms with van der Waals surface area (Å²) in [4.78, 5) is 0. The summed E-state index contributed by atoms with van der Waals surface area (Å²) in [6.07, 6.45) is 3.52. The predicted octanol–water partition coefficient (Wildman–Crippen LogP) is 4.10. The van der Waals surface area contributed by atoms with Gasteiger partial charge in [0.05, 0.1) is 5.52 Å². The third-order valence-corrected chi connectivity index (χ3v) is 4.31. The largest absolute Gasteiger partial charge is 0.356 e. The molecule has 2 heterocycles. The normalized spacial score (nSPS) is 20.9. The number of benzene rings is 1. The van der Waals surface area contributed by atoms with Crippen molar-refractivity contribution in [3.63, 3.8) is 0 Å². The number of hydrogen-bond donors (Lipinski definition) is 0. The monoisotopic (exact) mass is 406 g/mol. The van der Waals surface area contributed by atoms with Crippen molar-refractivity contribution in [3.8, 4) is 0 Å². The van der Waals surface area contributed by atoms with Gasteiger partial charge in [-0.05, 0) is 76.0 Å². The first kappa shape index (κ1) is 11.9. The highest BCUT2D eigenvalue weighted by Gasteiger charge is 2.20. The molecule has 1 atom stereocenters. The maximum Gasteiger partial charge on any atom is 0.150 e. The molecule has 3 rings (SSSR count). The molecule has 0 radical (unpaired) electrons. The van der Waals surface area contributed by atoms with E-state index in [2.05, 4.69) is 61.8 Å². The number of halogens is 2. The number of fused-ring (bicyclic) bond motifs is 1. The molecular formula is C12H12BrIN2O. The van der Waals surface area contributed by atoms with Crippen LogP contribution in [0.3, 0.4) is 0 Å². The number of nitrogens with zero attached hydrogens (tertiary/aromatic N) is 2. The Hall–Kier alpha value is -0.140. The van der Waals surface area contributed by atoms with Crippen LogP contribution in [0.4, 0.5) is 0 Å². The molecule has 0 N–H and O–H groups in total. The molecule has 1 aromatic carbocycles. The van der Waals surface area contributed by atoms with E-state index in [-0.39, 0.29) is 6.23 Å². The average Bonchev–Trinajstić information content (AvgIpc) is 2.68. The second-order valence-corrected chi connectivity index (χ2v) is 6.21. The zero-order valence-corrected chi connectivity index (χ0v) is 12.9. The molecule has 0 bridgehead atoms. The fraction of sp³-hybridized carbons (Fsp3) is 0.417. The van der Waals surface area contributed by atoms with Gasteiger partial charge in [0.15, 0.2) is 6.23 Å². The molecule has 1 aliphatic heterocycles. The van der Waals surface area contributed by atoms with Gasteiger partial charge in [-0.15, -0.1) is 0 Å².